The highest BCUT2D eigenvalue weighted by Crippen LogP contribution is 2.30. The third kappa shape index (κ3) is 2.49. The number of hydrogen-bond acceptors (Lipinski definition) is 6. The van der Waals surface area contributed by atoms with Crippen LogP contribution in [0.2, 0.25) is 0 Å². The van der Waals surface area contributed by atoms with E-state index < -0.39 is 0 Å². The molecule has 0 aliphatic carbocycles. The van der Waals surface area contributed by atoms with Crippen LogP contribution in [0, 0.1) is 5.82 Å². The number of rotatable bonds is 4. The van der Waals surface area contributed by atoms with E-state index in [0.29, 0.717) is 33.4 Å². The van der Waals surface area contributed by atoms with Gasteiger partial charge in [0.1, 0.15) is 5.82 Å². The summed E-state index contributed by atoms with van der Waals surface area (Å²) in [5, 5.41) is 10.8. The van der Waals surface area contributed by atoms with Crippen molar-refractivity contribution in [1.29, 1.82) is 0 Å². The smallest absolute Gasteiger partial charge is 0.189 e. The SMILES string of the molecule is COc1cnc(SC)nc1Nc1n[nH]c2cccc(F)c12. The molecule has 1 aromatic carbocycles. The Labute approximate surface area is 124 Å². The molecular formula is C13H12FN5OS. The number of nitrogens with one attached hydrogen (secondary N) is 2. The molecule has 21 heavy (non-hydrogen) atoms. The second kappa shape index (κ2) is 5.57. The molecule has 0 unspecified atom stereocenters. The maximum Gasteiger partial charge on any atom is 0.189 e. The fourth-order valence-electron chi connectivity index (χ4n) is 1.92. The number of H-pyrrole nitrogens is 1. The maximum atomic E-state index is 13.9. The Bertz CT molecular complexity index is 791. The summed E-state index contributed by atoms with van der Waals surface area (Å²) in [5.74, 6) is 0.891. The number of methoxy groups -OCH3 is 1. The lowest BCUT2D eigenvalue weighted by atomic mass is 10.2. The van der Waals surface area contributed by atoms with Crippen LogP contribution in [0.3, 0.4) is 0 Å². The zero-order valence-electron chi connectivity index (χ0n) is 11.3. The van der Waals surface area contributed by atoms with E-state index in [1.165, 1.54) is 24.9 Å². The molecule has 0 atom stereocenters. The minimum Gasteiger partial charge on any atom is -0.491 e. The van der Waals surface area contributed by atoms with Crippen LogP contribution in [0.25, 0.3) is 10.9 Å². The lowest BCUT2D eigenvalue weighted by molar-refractivity contribution is 0.411. The Hall–Kier alpha value is -2.35. The quantitative estimate of drug-likeness (QED) is 0.570. The van der Waals surface area contributed by atoms with Gasteiger partial charge < -0.3 is 10.1 Å². The van der Waals surface area contributed by atoms with Crippen molar-refractivity contribution in [2.24, 2.45) is 0 Å². The van der Waals surface area contributed by atoms with Gasteiger partial charge in [0.25, 0.3) is 0 Å². The molecule has 0 saturated heterocycles. The van der Waals surface area contributed by atoms with E-state index in [0.717, 1.165) is 0 Å². The molecule has 0 fully saturated rings. The Morgan fingerprint density at radius 2 is 2.19 bits per heavy atom. The minimum atomic E-state index is -0.359. The fraction of sp³-hybridized carbons (Fsp3) is 0.154. The molecule has 0 amide bonds. The van der Waals surface area contributed by atoms with E-state index in [4.69, 9.17) is 4.74 Å². The number of fused-ring (bicyclic) bond motifs is 1. The molecule has 0 bridgehead atoms. The Kier molecular flexibility index (Phi) is 3.61. The highest BCUT2D eigenvalue weighted by atomic mass is 32.2. The standard InChI is InChI=1S/C13H12FN5OS/c1-20-9-6-15-13(21-2)17-11(9)16-12-10-7(14)4-3-5-8(10)18-19-12/h3-6H,1-2H3,(H2,15,16,17,18,19). The van der Waals surface area contributed by atoms with Gasteiger partial charge in [-0.05, 0) is 18.4 Å². The Morgan fingerprint density at radius 1 is 1.33 bits per heavy atom. The van der Waals surface area contributed by atoms with E-state index in [-0.39, 0.29) is 5.82 Å². The van der Waals surface area contributed by atoms with Crippen LogP contribution in [0.4, 0.5) is 16.0 Å². The molecule has 0 aliphatic heterocycles. The van der Waals surface area contributed by atoms with E-state index in [2.05, 4.69) is 25.5 Å². The zero-order valence-corrected chi connectivity index (χ0v) is 12.2. The first-order valence-corrected chi connectivity index (χ1v) is 7.30. The third-order valence-electron chi connectivity index (χ3n) is 2.91. The van der Waals surface area contributed by atoms with Gasteiger partial charge in [-0.15, -0.1) is 0 Å². The summed E-state index contributed by atoms with van der Waals surface area (Å²) in [6.07, 6.45) is 3.43. The van der Waals surface area contributed by atoms with Crippen molar-refractivity contribution in [1.82, 2.24) is 20.2 Å². The summed E-state index contributed by atoms with van der Waals surface area (Å²) in [5.41, 5.74) is 0.607. The number of halogens is 1. The lowest BCUT2D eigenvalue weighted by Gasteiger charge is -2.09. The molecule has 2 aromatic heterocycles. The number of nitrogens with zero attached hydrogens (tertiary/aromatic N) is 3. The molecule has 108 valence electrons. The maximum absolute atomic E-state index is 13.9. The normalized spacial score (nSPS) is 10.8. The molecule has 0 aliphatic rings. The Balaban J connectivity index is 2.06. The molecule has 0 saturated carbocycles. The van der Waals surface area contributed by atoms with Crippen molar-refractivity contribution in [3.63, 3.8) is 0 Å². The Morgan fingerprint density at radius 3 is 2.95 bits per heavy atom. The van der Waals surface area contributed by atoms with Crippen molar-refractivity contribution < 1.29 is 9.13 Å². The highest BCUT2D eigenvalue weighted by molar-refractivity contribution is 7.98. The summed E-state index contributed by atoms with van der Waals surface area (Å²) in [6.45, 7) is 0. The van der Waals surface area contributed by atoms with Gasteiger partial charge in [0.05, 0.1) is 24.2 Å². The van der Waals surface area contributed by atoms with Gasteiger partial charge in [-0.2, -0.15) is 5.10 Å². The van der Waals surface area contributed by atoms with Crippen LogP contribution in [-0.4, -0.2) is 33.5 Å². The first kappa shape index (κ1) is 13.6. The van der Waals surface area contributed by atoms with Crippen molar-refractivity contribution in [2.45, 2.75) is 5.16 Å². The average molecular weight is 305 g/mol. The summed E-state index contributed by atoms with van der Waals surface area (Å²) in [4.78, 5) is 8.44. The predicted octanol–water partition coefficient (Wildman–Crippen LogP) is 2.97. The monoisotopic (exact) mass is 305 g/mol. The van der Waals surface area contributed by atoms with E-state index in [1.54, 1.807) is 18.3 Å². The summed E-state index contributed by atoms with van der Waals surface area (Å²) in [6, 6.07) is 4.76. The summed E-state index contributed by atoms with van der Waals surface area (Å²) < 4.78 is 19.1. The zero-order chi connectivity index (χ0) is 14.8. The summed E-state index contributed by atoms with van der Waals surface area (Å²) in [7, 11) is 1.52. The van der Waals surface area contributed by atoms with E-state index >= 15 is 0 Å². The largest absolute Gasteiger partial charge is 0.491 e. The van der Waals surface area contributed by atoms with Crippen LogP contribution in [-0.2, 0) is 0 Å². The van der Waals surface area contributed by atoms with Crippen molar-refractivity contribution >= 4 is 34.3 Å². The van der Waals surface area contributed by atoms with Crippen LogP contribution >= 0.6 is 11.8 Å². The molecule has 3 aromatic rings. The topological polar surface area (TPSA) is 75.7 Å². The minimum absolute atomic E-state index is 0.354. The number of ether oxygens (including phenoxy) is 1. The van der Waals surface area contributed by atoms with Gasteiger partial charge in [-0.25, -0.2) is 14.4 Å². The number of anilines is 2. The van der Waals surface area contributed by atoms with Crippen molar-refractivity contribution in [3.8, 4) is 5.75 Å². The van der Waals surface area contributed by atoms with E-state index in [9.17, 15) is 4.39 Å². The van der Waals surface area contributed by atoms with Crippen LogP contribution < -0.4 is 10.1 Å². The highest BCUT2D eigenvalue weighted by Gasteiger charge is 2.14. The van der Waals surface area contributed by atoms with Gasteiger partial charge in [0.2, 0.25) is 0 Å². The molecule has 3 rings (SSSR count). The number of aromatic amines is 1. The third-order valence-corrected chi connectivity index (χ3v) is 3.47. The first-order chi connectivity index (χ1) is 10.2. The van der Waals surface area contributed by atoms with Crippen molar-refractivity contribution in [3.05, 3.63) is 30.2 Å². The fourth-order valence-corrected chi connectivity index (χ4v) is 2.27. The van der Waals surface area contributed by atoms with Gasteiger partial charge in [0, 0.05) is 0 Å². The van der Waals surface area contributed by atoms with Gasteiger partial charge in [-0.1, -0.05) is 17.8 Å². The summed E-state index contributed by atoms with van der Waals surface area (Å²) >= 11 is 1.40. The number of aromatic nitrogens is 4. The lowest BCUT2D eigenvalue weighted by Crippen LogP contribution is -2.01. The van der Waals surface area contributed by atoms with Crippen LogP contribution in [0.1, 0.15) is 0 Å². The first-order valence-electron chi connectivity index (χ1n) is 6.07. The molecule has 2 N–H and O–H groups in total. The van der Waals surface area contributed by atoms with Gasteiger partial charge >= 0.3 is 0 Å². The molecular weight excluding hydrogens is 293 g/mol. The number of hydrogen-bond donors (Lipinski definition) is 2. The van der Waals surface area contributed by atoms with Crippen molar-refractivity contribution in [2.75, 3.05) is 18.7 Å². The second-order valence-corrected chi connectivity index (χ2v) is 4.91. The molecule has 0 spiro atoms. The molecule has 6 nitrogen and oxygen atoms in total. The number of benzene rings is 1. The van der Waals surface area contributed by atoms with Crippen LogP contribution in [0.15, 0.2) is 29.6 Å². The average Bonchev–Trinajstić information content (AvgIpc) is 2.91. The van der Waals surface area contributed by atoms with Gasteiger partial charge in [-0.3, -0.25) is 5.10 Å². The molecule has 2 heterocycles. The second-order valence-electron chi connectivity index (χ2n) is 4.13. The van der Waals surface area contributed by atoms with Crippen LogP contribution in [0.5, 0.6) is 5.75 Å². The number of thioether (sulfide) groups is 1. The van der Waals surface area contributed by atoms with Gasteiger partial charge in [0.15, 0.2) is 22.5 Å². The molecule has 8 heteroatoms. The molecule has 0 radical (unpaired) electrons. The predicted molar refractivity (Wildman–Crippen MR) is 79.7 cm³/mol. The van der Waals surface area contributed by atoms with E-state index in [1.807, 2.05) is 6.26 Å².